The first-order chi connectivity index (χ1) is 9.69. The van der Waals surface area contributed by atoms with Gasteiger partial charge in [0.15, 0.2) is 5.96 Å². The lowest BCUT2D eigenvalue weighted by molar-refractivity contribution is -0.0504. The van der Waals surface area contributed by atoms with E-state index >= 15 is 0 Å². The first-order valence-electron chi connectivity index (χ1n) is 6.33. The molecule has 20 heavy (non-hydrogen) atoms. The number of rotatable bonds is 5. The van der Waals surface area contributed by atoms with Crippen molar-refractivity contribution < 1.29 is 18.3 Å². The number of nitrogens with one attached hydrogen (secondary N) is 2. The maximum absolute atomic E-state index is 12.4. The van der Waals surface area contributed by atoms with Crippen molar-refractivity contribution in [3.63, 3.8) is 0 Å². The maximum atomic E-state index is 12.4. The quantitative estimate of drug-likeness (QED) is 0.865. The van der Waals surface area contributed by atoms with E-state index in [0.29, 0.717) is 23.8 Å². The van der Waals surface area contributed by atoms with E-state index in [4.69, 9.17) is 4.74 Å². The second kappa shape index (κ2) is 6.93. The zero-order valence-electron chi connectivity index (χ0n) is 11.2. The van der Waals surface area contributed by atoms with E-state index in [1.54, 1.807) is 12.1 Å². The average molecular weight is 285 g/mol. The van der Waals surface area contributed by atoms with Gasteiger partial charge in [-0.25, -0.2) is 0 Å². The van der Waals surface area contributed by atoms with Crippen LogP contribution in [0, 0.1) is 0 Å². The van der Waals surface area contributed by atoms with Crippen molar-refractivity contribution in [2.75, 3.05) is 20.2 Å². The Labute approximate surface area is 116 Å². The molecule has 7 heteroatoms. The van der Waals surface area contributed by atoms with Gasteiger partial charge in [0.05, 0.1) is 7.11 Å². The van der Waals surface area contributed by atoms with Crippen LogP contribution in [0.25, 0.3) is 0 Å². The van der Waals surface area contributed by atoms with Crippen LogP contribution in [0.4, 0.5) is 8.78 Å². The zero-order valence-corrected chi connectivity index (χ0v) is 11.2. The molecule has 0 aliphatic carbocycles. The molecule has 5 nitrogen and oxygen atoms in total. The summed E-state index contributed by atoms with van der Waals surface area (Å²) in [5.74, 6) is 1.38. The van der Waals surface area contributed by atoms with Gasteiger partial charge in [0.25, 0.3) is 0 Å². The number of aliphatic imine (C=N–C) groups is 1. The van der Waals surface area contributed by atoms with Gasteiger partial charge in [0.2, 0.25) is 0 Å². The summed E-state index contributed by atoms with van der Waals surface area (Å²) in [7, 11) is 1.52. The van der Waals surface area contributed by atoms with Crippen LogP contribution in [0.5, 0.6) is 11.5 Å². The monoisotopic (exact) mass is 285 g/mol. The fraction of sp³-hybridized carbons (Fsp3) is 0.462. The second-order valence-electron chi connectivity index (χ2n) is 4.22. The van der Waals surface area contributed by atoms with Gasteiger partial charge >= 0.3 is 6.61 Å². The van der Waals surface area contributed by atoms with Gasteiger partial charge in [-0.1, -0.05) is 0 Å². The smallest absolute Gasteiger partial charge is 0.387 e. The molecule has 0 amide bonds. The van der Waals surface area contributed by atoms with Crippen LogP contribution < -0.4 is 20.1 Å². The molecule has 1 heterocycles. The second-order valence-corrected chi connectivity index (χ2v) is 4.22. The molecule has 1 aliphatic rings. The molecular formula is C13H17F2N3O2. The molecule has 0 atom stereocenters. The van der Waals surface area contributed by atoms with E-state index in [0.717, 1.165) is 19.5 Å². The highest BCUT2D eigenvalue weighted by Gasteiger charge is 2.12. The van der Waals surface area contributed by atoms with Crippen molar-refractivity contribution in [1.82, 2.24) is 10.6 Å². The minimum absolute atomic E-state index is 0.129. The fourth-order valence-corrected chi connectivity index (χ4v) is 1.86. The molecule has 1 aliphatic heterocycles. The first-order valence-corrected chi connectivity index (χ1v) is 6.33. The summed E-state index contributed by atoms with van der Waals surface area (Å²) in [5, 5.41) is 6.16. The van der Waals surface area contributed by atoms with E-state index in [1.807, 2.05) is 0 Å². The number of benzene rings is 1. The number of halogens is 2. The molecule has 1 aromatic carbocycles. The van der Waals surface area contributed by atoms with E-state index < -0.39 is 6.61 Å². The fourth-order valence-electron chi connectivity index (χ4n) is 1.86. The van der Waals surface area contributed by atoms with Gasteiger partial charge < -0.3 is 20.1 Å². The Hall–Kier alpha value is -2.05. The molecule has 2 N–H and O–H groups in total. The number of hydrogen-bond acceptors (Lipinski definition) is 5. The van der Waals surface area contributed by atoms with Crippen LogP contribution in [0.2, 0.25) is 0 Å². The molecule has 0 saturated carbocycles. The average Bonchev–Trinajstić information content (AvgIpc) is 2.47. The van der Waals surface area contributed by atoms with E-state index in [9.17, 15) is 8.78 Å². The molecule has 0 bridgehead atoms. The molecule has 110 valence electrons. The van der Waals surface area contributed by atoms with Gasteiger partial charge in [-0.05, 0) is 24.6 Å². The van der Waals surface area contributed by atoms with Crippen LogP contribution >= 0.6 is 0 Å². The predicted octanol–water partition coefficient (Wildman–Crippen LogP) is 1.74. The van der Waals surface area contributed by atoms with Crippen LogP contribution in [-0.2, 0) is 6.54 Å². The summed E-state index contributed by atoms with van der Waals surface area (Å²) in [5.41, 5.74) is 0.583. The molecule has 1 aromatic rings. The SMILES string of the molecule is COc1ccc(OC(F)F)c(CNC2=NCCCN2)c1. The first kappa shape index (κ1) is 14.4. The standard InChI is InChI=1S/C13H17F2N3O2/c1-19-10-3-4-11(20-12(14)15)9(7-10)8-18-13-16-5-2-6-17-13/h3-4,7,12H,2,5-6,8H2,1H3,(H2,16,17,18). The van der Waals surface area contributed by atoms with Crippen molar-refractivity contribution >= 4 is 5.96 Å². The highest BCUT2D eigenvalue weighted by Crippen LogP contribution is 2.25. The Morgan fingerprint density at radius 3 is 2.95 bits per heavy atom. The Bertz CT molecular complexity index is 481. The van der Waals surface area contributed by atoms with Crippen molar-refractivity contribution in [1.29, 1.82) is 0 Å². The van der Waals surface area contributed by atoms with E-state index in [2.05, 4.69) is 20.4 Å². The van der Waals surface area contributed by atoms with Crippen LogP contribution in [0.15, 0.2) is 23.2 Å². The molecule has 2 rings (SSSR count). The third-order valence-corrected chi connectivity index (χ3v) is 2.83. The van der Waals surface area contributed by atoms with E-state index in [-0.39, 0.29) is 5.75 Å². The van der Waals surface area contributed by atoms with Gasteiger partial charge in [0.1, 0.15) is 11.5 Å². The summed E-state index contributed by atoms with van der Waals surface area (Å²) in [6, 6.07) is 4.71. The van der Waals surface area contributed by atoms with Crippen molar-refractivity contribution in [3.8, 4) is 11.5 Å². The maximum Gasteiger partial charge on any atom is 0.387 e. The van der Waals surface area contributed by atoms with Crippen LogP contribution in [0.1, 0.15) is 12.0 Å². The number of hydrogen-bond donors (Lipinski definition) is 2. The molecule has 0 saturated heterocycles. The molecule has 0 aromatic heterocycles. The lowest BCUT2D eigenvalue weighted by Crippen LogP contribution is -2.40. The predicted molar refractivity (Wildman–Crippen MR) is 71.4 cm³/mol. The summed E-state index contributed by atoms with van der Waals surface area (Å²) in [6.07, 6.45) is 0.990. The summed E-state index contributed by atoms with van der Waals surface area (Å²) < 4.78 is 34.3. The van der Waals surface area contributed by atoms with Crippen LogP contribution in [0.3, 0.4) is 0 Å². The van der Waals surface area contributed by atoms with Crippen molar-refractivity contribution in [2.45, 2.75) is 19.6 Å². The number of methoxy groups -OCH3 is 1. The highest BCUT2D eigenvalue weighted by atomic mass is 19.3. The third kappa shape index (κ3) is 3.97. The number of ether oxygens (including phenoxy) is 2. The number of alkyl halides is 2. The lowest BCUT2D eigenvalue weighted by Gasteiger charge is -2.17. The highest BCUT2D eigenvalue weighted by molar-refractivity contribution is 5.80. The van der Waals surface area contributed by atoms with Gasteiger partial charge in [-0.3, -0.25) is 4.99 Å². The van der Waals surface area contributed by atoms with Gasteiger partial charge in [0, 0.05) is 25.2 Å². The molecule has 0 unspecified atom stereocenters. The topological polar surface area (TPSA) is 54.9 Å². The number of guanidine groups is 1. The Morgan fingerprint density at radius 1 is 1.45 bits per heavy atom. The Kier molecular flexibility index (Phi) is 4.97. The minimum atomic E-state index is -2.85. The zero-order chi connectivity index (χ0) is 14.4. The third-order valence-electron chi connectivity index (χ3n) is 2.83. The number of nitrogens with zero attached hydrogens (tertiary/aromatic N) is 1. The van der Waals surface area contributed by atoms with Crippen molar-refractivity contribution in [2.24, 2.45) is 4.99 Å². The molecule has 0 radical (unpaired) electrons. The summed E-state index contributed by atoms with van der Waals surface area (Å²) in [6.45, 7) is -0.921. The normalized spacial score (nSPS) is 14.5. The van der Waals surface area contributed by atoms with Gasteiger partial charge in [-0.15, -0.1) is 0 Å². The molecule has 0 fully saturated rings. The van der Waals surface area contributed by atoms with Crippen molar-refractivity contribution in [3.05, 3.63) is 23.8 Å². The van der Waals surface area contributed by atoms with Crippen LogP contribution in [-0.4, -0.2) is 32.8 Å². The summed E-state index contributed by atoms with van der Waals surface area (Å²) in [4.78, 5) is 4.25. The summed E-state index contributed by atoms with van der Waals surface area (Å²) >= 11 is 0. The Balaban J connectivity index is 2.08. The molecular weight excluding hydrogens is 268 g/mol. The lowest BCUT2D eigenvalue weighted by atomic mass is 10.2. The Morgan fingerprint density at radius 2 is 2.30 bits per heavy atom. The van der Waals surface area contributed by atoms with Gasteiger partial charge in [-0.2, -0.15) is 8.78 Å². The molecule has 0 spiro atoms. The largest absolute Gasteiger partial charge is 0.497 e. The minimum Gasteiger partial charge on any atom is -0.497 e. The van der Waals surface area contributed by atoms with E-state index in [1.165, 1.54) is 13.2 Å².